The van der Waals surface area contributed by atoms with Gasteiger partial charge in [-0.25, -0.2) is 4.39 Å². The quantitative estimate of drug-likeness (QED) is 0.917. The second-order valence-electron chi connectivity index (χ2n) is 4.44. The van der Waals surface area contributed by atoms with Gasteiger partial charge in [-0.1, -0.05) is 37.3 Å². The monoisotopic (exact) mass is 325 g/mol. The van der Waals surface area contributed by atoms with Gasteiger partial charge in [0.2, 0.25) is 0 Å². The van der Waals surface area contributed by atoms with Gasteiger partial charge in [0.15, 0.2) is 5.67 Å². The topological polar surface area (TPSA) is 43.8 Å². The molecule has 2 N–H and O–H groups in total. The summed E-state index contributed by atoms with van der Waals surface area (Å²) in [7, 11) is 0. The van der Waals surface area contributed by atoms with Crippen LogP contribution in [0.1, 0.15) is 24.6 Å². The lowest BCUT2D eigenvalue weighted by atomic mass is 9.92. The molecule has 0 saturated heterocycles. The smallest absolute Gasteiger partial charge is 0.190 e. The molecule has 0 fully saturated rings. The minimum atomic E-state index is -1.73. The number of alkyl halides is 1. The summed E-state index contributed by atoms with van der Waals surface area (Å²) >= 11 is 3.38. The maximum atomic E-state index is 15.4. The molecule has 0 aliphatic carbocycles. The predicted molar refractivity (Wildman–Crippen MR) is 77.6 cm³/mol. The summed E-state index contributed by atoms with van der Waals surface area (Å²) < 4.78 is 17.8. The van der Waals surface area contributed by atoms with Crippen molar-refractivity contribution in [2.45, 2.75) is 25.6 Å². The molecule has 0 aliphatic rings. The van der Waals surface area contributed by atoms with Crippen molar-refractivity contribution < 1.29 is 4.39 Å². The number of hydrogen-bond acceptors (Lipinski definition) is 2. The minimum Gasteiger partial charge on any atom is -0.327 e. The number of rotatable bonds is 5. The van der Waals surface area contributed by atoms with Crippen LogP contribution in [0.5, 0.6) is 0 Å². The molecule has 0 radical (unpaired) electrons. The largest absolute Gasteiger partial charge is 0.327 e. The van der Waals surface area contributed by atoms with Crippen LogP contribution < -0.4 is 5.73 Å². The van der Waals surface area contributed by atoms with Crippen LogP contribution in [-0.2, 0) is 12.2 Å². The standard InChI is InChI=1S/C14H17BrFN3/c1-2-8-19-13(12(15)9-18-19)14(16,10-17)11-6-4-3-5-7-11/h3-7,9H,2,8,10,17H2,1H3. The minimum absolute atomic E-state index is 0.120. The van der Waals surface area contributed by atoms with E-state index in [9.17, 15) is 0 Å². The summed E-state index contributed by atoms with van der Waals surface area (Å²) in [4.78, 5) is 0. The second-order valence-corrected chi connectivity index (χ2v) is 5.29. The summed E-state index contributed by atoms with van der Waals surface area (Å²) in [5.74, 6) is 0. The highest BCUT2D eigenvalue weighted by atomic mass is 79.9. The maximum Gasteiger partial charge on any atom is 0.190 e. The SMILES string of the molecule is CCCn1ncc(Br)c1C(F)(CN)c1ccccc1. The van der Waals surface area contributed by atoms with Crippen molar-refractivity contribution >= 4 is 15.9 Å². The molecule has 19 heavy (non-hydrogen) atoms. The molecule has 1 heterocycles. The molecule has 102 valence electrons. The van der Waals surface area contributed by atoms with E-state index in [1.165, 1.54) is 0 Å². The van der Waals surface area contributed by atoms with Gasteiger partial charge in [-0.15, -0.1) is 0 Å². The first-order chi connectivity index (χ1) is 9.13. The Labute approximate surface area is 120 Å². The van der Waals surface area contributed by atoms with Crippen molar-refractivity contribution in [1.29, 1.82) is 0 Å². The first kappa shape index (κ1) is 14.2. The van der Waals surface area contributed by atoms with Gasteiger partial charge in [-0.3, -0.25) is 4.68 Å². The molecule has 5 heteroatoms. The van der Waals surface area contributed by atoms with Gasteiger partial charge >= 0.3 is 0 Å². The number of aryl methyl sites for hydroxylation is 1. The molecule has 1 aromatic heterocycles. The zero-order valence-corrected chi connectivity index (χ0v) is 12.4. The van der Waals surface area contributed by atoms with E-state index in [4.69, 9.17) is 5.73 Å². The van der Waals surface area contributed by atoms with Crippen LogP contribution in [0, 0.1) is 0 Å². The average Bonchev–Trinajstić information content (AvgIpc) is 2.81. The number of nitrogens with two attached hydrogens (primary N) is 1. The Morgan fingerprint density at radius 2 is 2.05 bits per heavy atom. The normalized spacial score (nSPS) is 14.3. The van der Waals surface area contributed by atoms with Gasteiger partial charge in [0.1, 0.15) is 0 Å². The first-order valence-corrected chi connectivity index (χ1v) is 7.09. The number of nitrogens with zero attached hydrogens (tertiary/aromatic N) is 2. The van der Waals surface area contributed by atoms with E-state index in [1.807, 2.05) is 25.1 Å². The Morgan fingerprint density at radius 3 is 2.63 bits per heavy atom. The second kappa shape index (κ2) is 5.84. The third-order valence-electron chi connectivity index (χ3n) is 3.12. The van der Waals surface area contributed by atoms with Crippen LogP contribution in [0.4, 0.5) is 4.39 Å². The highest BCUT2D eigenvalue weighted by Gasteiger charge is 2.38. The van der Waals surface area contributed by atoms with Gasteiger partial charge in [0.25, 0.3) is 0 Å². The fraction of sp³-hybridized carbons (Fsp3) is 0.357. The molecule has 0 saturated carbocycles. The van der Waals surface area contributed by atoms with E-state index in [0.29, 0.717) is 22.3 Å². The van der Waals surface area contributed by atoms with E-state index < -0.39 is 5.67 Å². The van der Waals surface area contributed by atoms with Crippen molar-refractivity contribution in [3.63, 3.8) is 0 Å². The first-order valence-electron chi connectivity index (χ1n) is 6.29. The number of benzene rings is 1. The fourth-order valence-electron chi connectivity index (χ4n) is 2.19. The molecule has 0 spiro atoms. The summed E-state index contributed by atoms with van der Waals surface area (Å²) in [6, 6.07) is 8.99. The fourth-order valence-corrected chi connectivity index (χ4v) is 2.80. The van der Waals surface area contributed by atoms with E-state index in [0.717, 1.165) is 6.42 Å². The predicted octanol–water partition coefficient (Wildman–Crippen LogP) is 3.23. The van der Waals surface area contributed by atoms with Crippen LogP contribution in [-0.4, -0.2) is 16.3 Å². The van der Waals surface area contributed by atoms with Crippen LogP contribution in [0.25, 0.3) is 0 Å². The van der Waals surface area contributed by atoms with Crippen molar-refractivity contribution in [3.8, 4) is 0 Å². The number of halogens is 2. The molecule has 1 atom stereocenters. The molecule has 0 amide bonds. The third kappa shape index (κ3) is 2.58. The average molecular weight is 326 g/mol. The lowest BCUT2D eigenvalue weighted by Crippen LogP contribution is -2.34. The third-order valence-corrected chi connectivity index (χ3v) is 3.70. The maximum absolute atomic E-state index is 15.4. The molecule has 2 aromatic rings. The highest BCUT2D eigenvalue weighted by Crippen LogP contribution is 2.37. The van der Waals surface area contributed by atoms with E-state index in [-0.39, 0.29) is 6.54 Å². The van der Waals surface area contributed by atoms with E-state index in [2.05, 4.69) is 21.0 Å². The zero-order chi connectivity index (χ0) is 13.9. The van der Waals surface area contributed by atoms with Gasteiger partial charge in [0.05, 0.1) is 16.4 Å². The summed E-state index contributed by atoms with van der Waals surface area (Å²) in [5, 5.41) is 4.22. The molecule has 1 unspecified atom stereocenters. The van der Waals surface area contributed by atoms with Crippen molar-refractivity contribution in [2.75, 3.05) is 6.54 Å². The van der Waals surface area contributed by atoms with Crippen molar-refractivity contribution in [2.24, 2.45) is 5.73 Å². The van der Waals surface area contributed by atoms with Crippen LogP contribution >= 0.6 is 15.9 Å². The summed E-state index contributed by atoms with van der Waals surface area (Å²) in [6.07, 6.45) is 2.51. The Balaban J connectivity index is 2.56. The Bertz CT molecular complexity index is 541. The Morgan fingerprint density at radius 1 is 1.37 bits per heavy atom. The molecule has 3 nitrogen and oxygen atoms in total. The molecule has 2 rings (SSSR count). The Kier molecular flexibility index (Phi) is 4.37. The molecular formula is C14H17BrFN3. The Hall–Kier alpha value is -1.20. The van der Waals surface area contributed by atoms with Gasteiger partial charge < -0.3 is 5.73 Å². The van der Waals surface area contributed by atoms with Crippen LogP contribution in [0.15, 0.2) is 41.0 Å². The van der Waals surface area contributed by atoms with Crippen LogP contribution in [0.2, 0.25) is 0 Å². The summed E-state index contributed by atoms with van der Waals surface area (Å²) in [6.45, 7) is 2.58. The molecule has 1 aromatic carbocycles. The molecular weight excluding hydrogens is 309 g/mol. The van der Waals surface area contributed by atoms with Gasteiger partial charge in [-0.2, -0.15) is 5.10 Å². The lowest BCUT2D eigenvalue weighted by molar-refractivity contribution is 0.213. The number of hydrogen-bond donors (Lipinski definition) is 1. The van der Waals surface area contributed by atoms with Crippen molar-refractivity contribution in [3.05, 3.63) is 52.3 Å². The molecule has 0 bridgehead atoms. The lowest BCUT2D eigenvalue weighted by Gasteiger charge is -2.26. The van der Waals surface area contributed by atoms with Gasteiger partial charge in [-0.05, 0) is 27.9 Å². The highest BCUT2D eigenvalue weighted by molar-refractivity contribution is 9.10. The zero-order valence-electron chi connectivity index (χ0n) is 10.8. The van der Waals surface area contributed by atoms with E-state index >= 15 is 4.39 Å². The summed E-state index contributed by atoms with van der Waals surface area (Å²) in [5.41, 5.74) is 5.04. The van der Waals surface area contributed by atoms with E-state index in [1.54, 1.807) is 23.0 Å². The van der Waals surface area contributed by atoms with Gasteiger partial charge in [0, 0.05) is 13.1 Å². The van der Waals surface area contributed by atoms with Crippen LogP contribution in [0.3, 0.4) is 0 Å². The molecule has 0 aliphatic heterocycles. The number of aromatic nitrogens is 2. The van der Waals surface area contributed by atoms with Crippen molar-refractivity contribution in [1.82, 2.24) is 9.78 Å².